The standard InChI is InChI=1S/C36H71O10P/c1-3-5-7-9-11-13-15-16-17-18-20-22-24-26-28-36(40)46-34(32-45-47(41,42)44-30-33(38)29-37)31-43-35(39)27-25-23-21-19-14-12-10-8-6-4-2/h33-34,37-38H,3-32H2,1-2H3,(H,41,42). The van der Waals surface area contributed by atoms with E-state index >= 15 is 0 Å². The lowest BCUT2D eigenvalue weighted by molar-refractivity contribution is -0.161. The molecule has 0 aliphatic rings. The van der Waals surface area contributed by atoms with Crippen molar-refractivity contribution >= 4 is 19.8 Å². The number of rotatable bonds is 36. The van der Waals surface area contributed by atoms with E-state index in [1.54, 1.807) is 0 Å². The molecular weight excluding hydrogens is 623 g/mol. The Labute approximate surface area is 286 Å². The number of carbonyl (C=O) groups is 2. The van der Waals surface area contributed by atoms with Gasteiger partial charge in [-0.25, -0.2) is 4.57 Å². The van der Waals surface area contributed by atoms with Crippen LogP contribution in [0.1, 0.15) is 181 Å². The fraction of sp³-hybridized carbons (Fsp3) is 0.944. The summed E-state index contributed by atoms with van der Waals surface area (Å²) in [5.41, 5.74) is 0. The number of phosphoric ester groups is 1. The third kappa shape index (κ3) is 33.3. The van der Waals surface area contributed by atoms with Crippen molar-refractivity contribution < 1.29 is 47.8 Å². The molecule has 11 heteroatoms. The monoisotopic (exact) mass is 694 g/mol. The van der Waals surface area contributed by atoms with Crippen LogP contribution in [0.15, 0.2) is 0 Å². The van der Waals surface area contributed by atoms with E-state index in [1.807, 2.05) is 0 Å². The Bertz CT molecular complexity index is 766. The van der Waals surface area contributed by atoms with Crippen molar-refractivity contribution in [2.75, 3.05) is 26.4 Å². The Kier molecular flexibility index (Phi) is 32.7. The Morgan fingerprint density at radius 1 is 0.553 bits per heavy atom. The molecule has 0 aliphatic heterocycles. The SMILES string of the molecule is CCCCCCCCCCCCCCCCC(=O)OC(COC(=O)CCCCCCCCCCCC)COP(=O)(O)OCC(O)CO. The van der Waals surface area contributed by atoms with Crippen LogP contribution in [0.3, 0.4) is 0 Å². The summed E-state index contributed by atoms with van der Waals surface area (Å²) in [6.07, 6.45) is 26.4. The first-order chi connectivity index (χ1) is 22.7. The largest absolute Gasteiger partial charge is 0.472 e. The molecule has 0 aromatic carbocycles. The molecule has 0 amide bonds. The van der Waals surface area contributed by atoms with Gasteiger partial charge in [-0.15, -0.1) is 0 Å². The lowest BCUT2D eigenvalue weighted by Gasteiger charge is -2.20. The van der Waals surface area contributed by atoms with Gasteiger partial charge in [-0.3, -0.25) is 18.6 Å². The Morgan fingerprint density at radius 3 is 1.32 bits per heavy atom. The summed E-state index contributed by atoms with van der Waals surface area (Å²) in [7, 11) is -4.60. The molecule has 0 fully saturated rings. The highest BCUT2D eigenvalue weighted by atomic mass is 31.2. The Morgan fingerprint density at radius 2 is 0.915 bits per heavy atom. The van der Waals surface area contributed by atoms with Crippen LogP contribution in [0.5, 0.6) is 0 Å². The van der Waals surface area contributed by atoms with Crippen molar-refractivity contribution in [1.29, 1.82) is 0 Å². The summed E-state index contributed by atoms with van der Waals surface area (Å²) in [6.45, 7) is 2.37. The highest BCUT2D eigenvalue weighted by molar-refractivity contribution is 7.47. The third-order valence-corrected chi connectivity index (χ3v) is 9.21. The van der Waals surface area contributed by atoms with Gasteiger partial charge in [-0.1, -0.05) is 155 Å². The van der Waals surface area contributed by atoms with E-state index in [9.17, 15) is 24.2 Å². The molecule has 3 N–H and O–H groups in total. The number of hydrogen-bond acceptors (Lipinski definition) is 9. The van der Waals surface area contributed by atoms with Crippen LogP contribution in [0.2, 0.25) is 0 Å². The molecule has 0 aromatic heterocycles. The van der Waals surface area contributed by atoms with E-state index in [0.29, 0.717) is 12.8 Å². The molecule has 0 bridgehead atoms. The second kappa shape index (κ2) is 33.5. The zero-order valence-electron chi connectivity index (χ0n) is 30.0. The summed E-state index contributed by atoms with van der Waals surface area (Å²) in [4.78, 5) is 34.7. The summed E-state index contributed by atoms with van der Waals surface area (Å²) < 4.78 is 32.5. The van der Waals surface area contributed by atoms with Gasteiger partial charge in [0.05, 0.1) is 19.8 Å². The van der Waals surface area contributed by atoms with Crippen molar-refractivity contribution in [2.45, 2.75) is 193 Å². The maximum atomic E-state index is 12.5. The van der Waals surface area contributed by atoms with Gasteiger partial charge >= 0.3 is 19.8 Å². The van der Waals surface area contributed by atoms with Gasteiger partial charge in [0.2, 0.25) is 0 Å². The molecule has 0 radical (unpaired) electrons. The number of hydrogen-bond donors (Lipinski definition) is 3. The Hall–Kier alpha value is -1.03. The fourth-order valence-corrected chi connectivity index (χ4v) is 6.08. The minimum absolute atomic E-state index is 0.192. The van der Waals surface area contributed by atoms with Crippen LogP contribution in [0.4, 0.5) is 0 Å². The fourth-order valence-electron chi connectivity index (χ4n) is 5.29. The van der Waals surface area contributed by atoms with Gasteiger partial charge in [-0.2, -0.15) is 0 Å². The van der Waals surface area contributed by atoms with Crippen LogP contribution in [0, 0.1) is 0 Å². The predicted molar refractivity (Wildman–Crippen MR) is 187 cm³/mol. The van der Waals surface area contributed by atoms with Crippen LogP contribution < -0.4 is 0 Å². The van der Waals surface area contributed by atoms with Crippen molar-refractivity contribution in [1.82, 2.24) is 0 Å². The molecule has 280 valence electrons. The van der Waals surface area contributed by atoms with Crippen molar-refractivity contribution in [3.05, 3.63) is 0 Å². The van der Waals surface area contributed by atoms with Crippen molar-refractivity contribution in [3.8, 4) is 0 Å². The van der Waals surface area contributed by atoms with Crippen LogP contribution in [0.25, 0.3) is 0 Å². The summed E-state index contributed by atoms with van der Waals surface area (Å²) in [6, 6.07) is 0. The number of ether oxygens (including phenoxy) is 2. The van der Waals surface area contributed by atoms with Crippen molar-refractivity contribution in [2.24, 2.45) is 0 Å². The zero-order valence-corrected chi connectivity index (χ0v) is 30.9. The molecule has 47 heavy (non-hydrogen) atoms. The average Bonchev–Trinajstić information content (AvgIpc) is 3.05. The maximum Gasteiger partial charge on any atom is 0.472 e. The number of phosphoric acid groups is 1. The van der Waals surface area contributed by atoms with Gasteiger partial charge in [-0.05, 0) is 12.8 Å². The minimum atomic E-state index is -4.60. The lowest BCUT2D eigenvalue weighted by atomic mass is 10.0. The minimum Gasteiger partial charge on any atom is -0.462 e. The first kappa shape index (κ1) is 46.0. The first-order valence-corrected chi connectivity index (χ1v) is 20.5. The van der Waals surface area contributed by atoms with Gasteiger partial charge < -0.3 is 24.6 Å². The van der Waals surface area contributed by atoms with Crippen molar-refractivity contribution in [3.63, 3.8) is 0 Å². The normalized spacial score (nSPS) is 14.1. The van der Waals surface area contributed by atoms with Crippen LogP contribution in [-0.4, -0.2) is 65.7 Å². The lowest BCUT2D eigenvalue weighted by Crippen LogP contribution is -2.29. The molecule has 3 atom stereocenters. The topological polar surface area (TPSA) is 149 Å². The highest BCUT2D eigenvalue weighted by Gasteiger charge is 2.27. The molecule has 0 saturated carbocycles. The van der Waals surface area contributed by atoms with E-state index in [1.165, 1.54) is 103 Å². The first-order valence-electron chi connectivity index (χ1n) is 19.0. The number of aliphatic hydroxyl groups is 2. The zero-order chi connectivity index (χ0) is 34.9. The van der Waals surface area contributed by atoms with E-state index in [-0.39, 0.29) is 19.4 Å². The van der Waals surface area contributed by atoms with Gasteiger partial charge in [0, 0.05) is 12.8 Å². The predicted octanol–water partition coefficient (Wildman–Crippen LogP) is 9.11. The van der Waals surface area contributed by atoms with Gasteiger partial charge in [0.1, 0.15) is 12.7 Å². The molecule has 0 heterocycles. The number of aliphatic hydroxyl groups excluding tert-OH is 2. The van der Waals surface area contributed by atoms with Crippen LogP contribution >= 0.6 is 7.82 Å². The van der Waals surface area contributed by atoms with Gasteiger partial charge in [0.15, 0.2) is 6.10 Å². The summed E-state index contributed by atoms with van der Waals surface area (Å²) >= 11 is 0. The Balaban J connectivity index is 4.33. The molecule has 0 spiro atoms. The summed E-state index contributed by atoms with van der Waals surface area (Å²) in [5.74, 6) is -0.917. The molecular formula is C36H71O10P. The van der Waals surface area contributed by atoms with E-state index in [0.717, 1.165) is 38.5 Å². The highest BCUT2D eigenvalue weighted by Crippen LogP contribution is 2.43. The molecule has 0 aromatic rings. The second-order valence-electron chi connectivity index (χ2n) is 13.0. The number of unbranched alkanes of at least 4 members (excludes halogenated alkanes) is 22. The molecule has 0 saturated heterocycles. The third-order valence-electron chi connectivity index (χ3n) is 8.26. The second-order valence-corrected chi connectivity index (χ2v) is 14.4. The average molecular weight is 695 g/mol. The molecule has 0 rings (SSSR count). The molecule has 0 aliphatic carbocycles. The van der Waals surface area contributed by atoms with Gasteiger partial charge in [0.25, 0.3) is 0 Å². The summed E-state index contributed by atoms with van der Waals surface area (Å²) in [5, 5.41) is 18.2. The van der Waals surface area contributed by atoms with E-state index < -0.39 is 51.8 Å². The van der Waals surface area contributed by atoms with E-state index in [4.69, 9.17) is 19.1 Å². The quantitative estimate of drug-likeness (QED) is 0.0329. The molecule has 3 unspecified atom stereocenters. The molecule has 10 nitrogen and oxygen atoms in total. The smallest absolute Gasteiger partial charge is 0.462 e. The van der Waals surface area contributed by atoms with Crippen LogP contribution in [-0.2, 0) is 32.7 Å². The number of esters is 2. The number of carbonyl (C=O) groups excluding carboxylic acids is 2. The maximum absolute atomic E-state index is 12.5. The van der Waals surface area contributed by atoms with E-state index in [2.05, 4.69) is 18.4 Å².